The van der Waals surface area contributed by atoms with Crippen LogP contribution >= 0.6 is 0 Å². The molecule has 1 N–H and O–H groups in total. The van der Waals surface area contributed by atoms with Crippen molar-refractivity contribution in [3.05, 3.63) is 54.1 Å². The number of nitrogens with zero attached hydrogens (tertiary/aromatic N) is 4. The number of nitrogens with one attached hydrogen (secondary N) is 1. The Morgan fingerprint density at radius 2 is 1.75 bits per heavy atom. The normalized spacial score (nSPS) is 11.5. The predicted molar refractivity (Wildman–Crippen MR) is 97.2 cm³/mol. The topological polar surface area (TPSA) is 55.1 Å². The van der Waals surface area contributed by atoms with E-state index in [1.54, 1.807) is 0 Å². The number of hydrogen-bond donors (Lipinski definition) is 1. The van der Waals surface area contributed by atoms with Crippen LogP contribution in [0.2, 0.25) is 0 Å². The highest BCUT2D eigenvalue weighted by Gasteiger charge is 2.15. The van der Waals surface area contributed by atoms with E-state index < -0.39 is 0 Å². The van der Waals surface area contributed by atoms with Gasteiger partial charge in [-0.25, -0.2) is 4.98 Å². The summed E-state index contributed by atoms with van der Waals surface area (Å²) in [5.74, 6) is 0.865. The summed E-state index contributed by atoms with van der Waals surface area (Å²) in [6, 6.07) is 16.7. The van der Waals surface area contributed by atoms with Crippen LogP contribution in [0.5, 0.6) is 0 Å². The number of aryl methyl sites for hydroxylation is 1. The van der Waals surface area contributed by atoms with E-state index >= 15 is 0 Å². The maximum Gasteiger partial charge on any atom is 0.186 e. The molecular weight excluding hydrogens is 298 g/mol. The lowest BCUT2D eigenvalue weighted by molar-refractivity contribution is 0.867. The molecule has 2 aromatic carbocycles. The molecule has 4 rings (SSSR count). The Balaban J connectivity index is 2.01. The monoisotopic (exact) mass is 317 g/mol. The van der Waals surface area contributed by atoms with E-state index in [2.05, 4.69) is 66.7 Å². The third-order valence-electron chi connectivity index (χ3n) is 4.00. The molecule has 0 aliphatic carbocycles. The first-order valence-corrected chi connectivity index (χ1v) is 8.11. The van der Waals surface area contributed by atoms with Gasteiger partial charge in [0.25, 0.3) is 0 Å². The van der Waals surface area contributed by atoms with Crippen LogP contribution in [0, 0.1) is 6.92 Å². The molecule has 0 saturated carbocycles. The lowest BCUT2D eigenvalue weighted by Gasteiger charge is -2.12. The van der Waals surface area contributed by atoms with Gasteiger partial charge in [-0.05, 0) is 32.9 Å². The Morgan fingerprint density at radius 3 is 2.50 bits per heavy atom. The Hall–Kier alpha value is -2.95. The van der Waals surface area contributed by atoms with Gasteiger partial charge in [0.2, 0.25) is 0 Å². The first-order valence-electron chi connectivity index (χ1n) is 8.11. The van der Waals surface area contributed by atoms with Crippen LogP contribution in [-0.2, 0) is 0 Å². The minimum atomic E-state index is 0.294. The van der Waals surface area contributed by atoms with E-state index in [1.807, 2.05) is 22.7 Å². The lowest BCUT2D eigenvalue weighted by Crippen LogP contribution is -2.12. The van der Waals surface area contributed by atoms with Crippen LogP contribution in [0.3, 0.4) is 0 Å². The number of benzene rings is 2. The van der Waals surface area contributed by atoms with Crippen molar-refractivity contribution in [1.82, 2.24) is 19.8 Å². The van der Waals surface area contributed by atoms with Crippen LogP contribution in [-0.4, -0.2) is 25.9 Å². The fourth-order valence-corrected chi connectivity index (χ4v) is 2.85. The molecule has 0 unspecified atom stereocenters. The maximum absolute atomic E-state index is 4.83. The van der Waals surface area contributed by atoms with Crippen molar-refractivity contribution in [2.75, 3.05) is 5.32 Å². The summed E-state index contributed by atoms with van der Waals surface area (Å²) in [6.45, 7) is 6.29. The fourth-order valence-electron chi connectivity index (χ4n) is 2.85. The molecular formula is C19H19N5. The van der Waals surface area contributed by atoms with Gasteiger partial charge in [-0.2, -0.15) is 4.52 Å². The molecule has 2 heterocycles. The lowest BCUT2D eigenvalue weighted by atomic mass is 10.1. The average Bonchev–Trinajstić information content (AvgIpc) is 2.99. The van der Waals surface area contributed by atoms with Crippen LogP contribution in [0.25, 0.3) is 27.8 Å². The summed E-state index contributed by atoms with van der Waals surface area (Å²) in [6.07, 6.45) is 0. The van der Waals surface area contributed by atoms with Gasteiger partial charge in [0.1, 0.15) is 11.5 Å². The summed E-state index contributed by atoms with van der Waals surface area (Å²) >= 11 is 0. The third-order valence-corrected chi connectivity index (χ3v) is 4.00. The summed E-state index contributed by atoms with van der Waals surface area (Å²) < 4.78 is 1.82. The van der Waals surface area contributed by atoms with Crippen LogP contribution in [0.4, 0.5) is 5.82 Å². The summed E-state index contributed by atoms with van der Waals surface area (Å²) in [5, 5.41) is 13.2. The third kappa shape index (κ3) is 2.38. The summed E-state index contributed by atoms with van der Waals surface area (Å²) in [4.78, 5) is 4.83. The van der Waals surface area contributed by atoms with E-state index in [4.69, 9.17) is 4.98 Å². The van der Waals surface area contributed by atoms with Gasteiger partial charge in [-0.15, -0.1) is 5.10 Å². The molecule has 0 amide bonds. The van der Waals surface area contributed by atoms with Crippen molar-refractivity contribution in [3.8, 4) is 11.3 Å². The van der Waals surface area contributed by atoms with E-state index in [1.165, 1.54) is 5.56 Å². The van der Waals surface area contributed by atoms with Gasteiger partial charge in [0.05, 0.1) is 5.52 Å². The second kappa shape index (κ2) is 5.60. The van der Waals surface area contributed by atoms with Gasteiger partial charge in [0, 0.05) is 17.0 Å². The zero-order chi connectivity index (χ0) is 16.7. The molecule has 120 valence electrons. The van der Waals surface area contributed by atoms with Crippen molar-refractivity contribution < 1.29 is 0 Å². The van der Waals surface area contributed by atoms with Crippen molar-refractivity contribution in [3.63, 3.8) is 0 Å². The number of rotatable bonds is 3. The molecule has 0 fully saturated rings. The quantitative estimate of drug-likeness (QED) is 0.619. The fraction of sp³-hybridized carbons (Fsp3) is 0.211. The van der Waals surface area contributed by atoms with E-state index in [0.29, 0.717) is 6.04 Å². The molecule has 0 aliphatic rings. The molecule has 0 spiro atoms. The zero-order valence-electron chi connectivity index (χ0n) is 14.0. The first-order chi connectivity index (χ1) is 11.6. The number of para-hydroxylation sites is 1. The summed E-state index contributed by atoms with van der Waals surface area (Å²) in [5.41, 5.74) is 4.80. The van der Waals surface area contributed by atoms with Crippen molar-refractivity contribution in [2.45, 2.75) is 26.8 Å². The molecule has 0 aliphatic heterocycles. The zero-order valence-corrected chi connectivity index (χ0v) is 14.0. The maximum atomic E-state index is 4.83. The number of hydrogen-bond acceptors (Lipinski definition) is 4. The molecule has 24 heavy (non-hydrogen) atoms. The molecule has 5 heteroatoms. The minimum Gasteiger partial charge on any atom is -0.367 e. The second-order valence-electron chi connectivity index (χ2n) is 6.32. The Labute approximate surface area is 140 Å². The van der Waals surface area contributed by atoms with Crippen molar-refractivity contribution >= 4 is 22.4 Å². The van der Waals surface area contributed by atoms with Gasteiger partial charge in [0.15, 0.2) is 5.65 Å². The highest BCUT2D eigenvalue weighted by Crippen LogP contribution is 2.28. The predicted octanol–water partition coefficient (Wildman–Crippen LogP) is 4.07. The van der Waals surface area contributed by atoms with Gasteiger partial charge >= 0.3 is 0 Å². The first kappa shape index (κ1) is 14.6. The SMILES string of the molecule is Cc1ccc(-c2nnn3c2nc(NC(C)C)c2ccccc23)cc1. The Kier molecular flexibility index (Phi) is 3.41. The van der Waals surface area contributed by atoms with Crippen molar-refractivity contribution in [2.24, 2.45) is 0 Å². The highest BCUT2D eigenvalue weighted by atomic mass is 15.4. The van der Waals surface area contributed by atoms with Crippen LogP contribution < -0.4 is 5.32 Å². The Morgan fingerprint density at radius 1 is 1.00 bits per heavy atom. The smallest absolute Gasteiger partial charge is 0.186 e. The molecule has 0 atom stereocenters. The van der Waals surface area contributed by atoms with E-state index in [0.717, 1.165) is 33.6 Å². The molecule has 0 radical (unpaired) electrons. The van der Waals surface area contributed by atoms with Crippen LogP contribution in [0.15, 0.2) is 48.5 Å². The van der Waals surface area contributed by atoms with Crippen molar-refractivity contribution in [1.29, 1.82) is 0 Å². The van der Waals surface area contributed by atoms with E-state index in [9.17, 15) is 0 Å². The Bertz CT molecular complexity index is 1020. The molecule has 5 nitrogen and oxygen atoms in total. The molecule has 0 bridgehead atoms. The van der Waals surface area contributed by atoms with Gasteiger partial charge in [-0.3, -0.25) is 0 Å². The largest absolute Gasteiger partial charge is 0.367 e. The molecule has 4 aromatic rings. The van der Waals surface area contributed by atoms with Gasteiger partial charge in [-0.1, -0.05) is 47.2 Å². The number of fused-ring (bicyclic) bond motifs is 3. The minimum absolute atomic E-state index is 0.294. The number of aromatic nitrogens is 4. The average molecular weight is 317 g/mol. The standard InChI is InChI=1S/C19H19N5/c1-12(2)20-18-15-6-4-5-7-16(15)24-19(21-18)17(22-23-24)14-10-8-13(3)9-11-14/h4-12H,1-3H3,(H,20,21). The summed E-state index contributed by atoms with van der Waals surface area (Å²) in [7, 11) is 0. The van der Waals surface area contributed by atoms with Crippen LogP contribution in [0.1, 0.15) is 19.4 Å². The van der Waals surface area contributed by atoms with Gasteiger partial charge < -0.3 is 5.32 Å². The second-order valence-corrected chi connectivity index (χ2v) is 6.32. The highest BCUT2D eigenvalue weighted by molar-refractivity contribution is 5.93. The number of anilines is 1. The van der Waals surface area contributed by atoms with E-state index in [-0.39, 0.29) is 0 Å². The molecule has 0 saturated heterocycles. The molecule has 2 aromatic heterocycles.